The lowest BCUT2D eigenvalue weighted by atomic mass is 10.0. The Labute approximate surface area is 122 Å². The first-order chi connectivity index (χ1) is 9.79. The van der Waals surface area contributed by atoms with E-state index in [0.29, 0.717) is 0 Å². The largest absolute Gasteiger partial charge is 0.481 e. The van der Waals surface area contributed by atoms with Crippen molar-refractivity contribution in [3.8, 4) is 0 Å². The number of aryl methyl sites for hydroxylation is 1. The monoisotopic (exact) mass is 296 g/mol. The third kappa shape index (κ3) is 5.64. The molecule has 0 aliphatic rings. The summed E-state index contributed by atoms with van der Waals surface area (Å²) in [6.07, 6.45) is 1.53. The van der Waals surface area contributed by atoms with E-state index in [9.17, 15) is 14.4 Å². The van der Waals surface area contributed by atoms with Crippen LogP contribution in [0.4, 0.5) is 4.79 Å². The van der Waals surface area contributed by atoms with Crippen LogP contribution in [0.15, 0.2) is 6.20 Å². The van der Waals surface area contributed by atoms with Crippen LogP contribution in [0, 0.1) is 12.8 Å². The smallest absolute Gasteiger partial charge is 0.321 e. The minimum Gasteiger partial charge on any atom is -0.481 e. The molecule has 3 N–H and O–H groups in total. The second kappa shape index (κ2) is 7.41. The van der Waals surface area contributed by atoms with Crippen molar-refractivity contribution in [1.82, 2.24) is 20.4 Å². The molecule has 1 unspecified atom stereocenters. The maximum Gasteiger partial charge on any atom is 0.321 e. The Hall–Kier alpha value is -2.38. The van der Waals surface area contributed by atoms with E-state index >= 15 is 0 Å². The van der Waals surface area contributed by atoms with Crippen molar-refractivity contribution in [2.75, 3.05) is 0 Å². The summed E-state index contributed by atoms with van der Waals surface area (Å²) < 4.78 is 1.69. The first kappa shape index (κ1) is 16.7. The number of imide groups is 1. The van der Waals surface area contributed by atoms with Crippen LogP contribution in [0.1, 0.15) is 31.0 Å². The summed E-state index contributed by atoms with van der Waals surface area (Å²) in [7, 11) is 1.80. The summed E-state index contributed by atoms with van der Waals surface area (Å²) in [6.45, 7) is 3.79. The van der Waals surface area contributed by atoms with E-state index in [4.69, 9.17) is 5.11 Å². The highest BCUT2D eigenvalue weighted by Crippen LogP contribution is 2.07. The van der Waals surface area contributed by atoms with Crippen LogP contribution in [-0.2, 0) is 23.2 Å². The van der Waals surface area contributed by atoms with Gasteiger partial charge in [0.2, 0.25) is 5.91 Å². The highest BCUT2D eigenvalue weighted by Gasteiger charge is 2.15. The van der Waals surface area contributed by atoms with E-state index in [2.05, 4.69) is 15.7 Å². The van der Waals surface area contributed by atoms with Gasteiger partial charge in [0.15, 0.2) is 0 Å². The quantitative estimate of drug-likeness (QED) is 0.709. The molecule has 0 bridgehead atoms. The van der Waals surface area contributed by atoms with Gasteiger partial charge in [-0.3, -0.25) is 19.6 Å². The fraction of sp³-hybridized carbons (Fsp3) is 0.538. The summed E-state index contributed by atoms with van der Waals surface area (Å²) in [4.78, 5) is 33.6. The van der Waals surface area contributed by atoms with Crippen LogP contribution >= 0.6 is 0 Å². The van der Waals surface area contributed by atoms with Gasteiger partial charge in [-0.2, -0.15) is 5.10 Å². The van der Waals surface area contributed by atoms with Crippen molar-refractivity contribution < 1.29 is 19.5 Å². The van der Waals surface area contributed by atoms with Gasteiger partial charge < -0.3 is 10.4 Å². The van der Waals surface area contributed by atoms with Gasteiger partial charge in [0.05, 0.1) is 6.20 Å². The van der Waals surface area contributed by atoms with Gasteiger partial charge in [0, 0.05) is 37.7 Å². The van der Waals surface area contributed by atoms with E-state index in [1.807, 2.05) is 6.92 Å². The molecule has 0 aliphatic heterocycles. The molecule has 1 aromatic rings. The van der Waals surface area contributed by atoms with Gasteiger partial charge in [-0.15, -0.1) is 0 Å². The number of rotatable bonds is 6. The molecule has 0 radical (unpaired) electrons. The number of amides is 3. The van der Waals surface area contributed by atoms with Crippen LogP contribution in [0.25, 0.3) is 0 Å². The third-order valence-electron chi connectivity index (χ3n) is 3.09. The Morgan fingerprint density at radius 1 is 1.38 bits per heavy atom. The number of nitrogens with one attached hydrogen (secondary N) is 2. The maximum atomic E-state index is 11.6. The van der Waals surface area contributed by atoms with Crippen molar-refractivity contribution >= 4 is 17.9 Å². The molecule has 1 aromatic heterocycles. The third-order valence-corrected chi connectivity index (χ3v) is 3.09. The molecule has 0 saturated heterocycles. The molecule has 1 heterocycles. The number of hydrogen-bond acceptors (Lipinski definition) is 4. The van der Waals surface area contributed by atoms with Crippen LogP contribution in [-0.4, -0.2) is 32.8 Å². The van der Waals surface area contributed by atoms with Crippen molar-refractivity contribution in [2.45, 2.75) is 33.2 Å². The minimum absolute atomic E-state index is 0.00829. The fourth-order valence-corrected chi connectivity index (χ4v) is 1.80. The molecule has 0 aromatic carbocycles. The Bertz CT molecular complexity index is 538. The van der Waals surface area contributed by atoms with Gasteiger partial charge in [-0.1, -0.05) is 6.92 Å². The Kier molecular flexibility index (Phi) is 5.89. The van der Waals surface area contributed by atoms with E-state index in [0.717, 1.165) is 11.3 Å². The van der Waals surface area contributed by atoms with Crippen LogP contribution in [0.3, 0.4) is 0 Å². The number of carbonyl (C=O) groups excluding carboxylic acids is 2. The highest BCUT2D eigenvalue weighted by atomic mass is 16.4. The number of carbonyl (C=O) groups is 3. The van der Waals surface area contributed by atoms with Crippen LogP contribution < -0.4 is 10.6 Å². The predicted octanol–water partition coefficient (Wildman–Crippen LogP) is 0.555. The van der Waals surface area contributed by atoms with Crippen molar-refractivity contribution in [1.29, 1.82) is 0 Å². The molecule has 8 nitrogen and oxygen atoms in total. The van der Waals surface area contributed by atoms with Gasteiger partial charge in [-0.25, -0.2) is 4.79 Å². The molecule has 0 saturated carbocycles. The summed E-state index contributed by atoms with van der Waals surface area (Å²) >= 11 is 0. The molecule has 0 aliphatic carbocycles. The Balaban J connectivity index is 2.35. The van der Waals surface area contributed by atoms with E-state index < -0.39 is 17.9 Å². The van der Waals surface area contributed by atoms with Crippen LogP contribution in [0.2, 0.25) is 0 Å². The lowest BCUT2D eigenvalue weighted by Gasteiger charge is -2.09. The highest BCUT2D eigenvalue weighted by molar-refractivity contribution is 5.94. The molecule has 8 heteroatoms. The van der Waals surface area contributed by atoms with Crippen LogP contribution in [0.5, 0.6) is 0 Å². The van der Waals surface area contributed by atoms with E-state index in [-0.39, 0.29) is 25.3 Å². The van der Waals surface area contributed by atoms with Gasteiger partial charge in [-0.05, 0) is 12.8 Å². The van der Waals surface area contributed by atoms with E-state index in [1.165, 1.54) is 0 Å². The number of nitrogens with zero attached hydrogens (tertiary/aromatic N) is 2. The molecule has 1 rings (SSSR count). The SMILES string of the molecule is Cc1c(CNC(=O)NC(=O)CC(C)CC(=O)O)cnn1C. The number of hydrogen-bond donors (Lipinski definition) is 3. The molecule has 116 valence electrons. The summed E-state index contributed by atoms with van der Waals surface area (Å²) in [5, 5.41) is 17.4. The molecule has 21 heavy (non-hydrogen) atoms. The standard InChI is InChI=1S/C13H20N4O4/c1-8(5-12(19)20)4-11(18)16-13(21)14-6-10-7-15-17(3)9(10)2/h7-8H,4-6H2,1-3H3,(H,19,20)(H2,14,16,18,21). The molecular formula is C13H20N4O4. The van der Waals surface area contributed by atoms with Gasteiger partial charge in [0.1, 0.15) is 0 Å². The number of carboxylic acids is 1. The van der Waals surface area contributed by atoms with Crippen molar-refractivity contribution in [3.05, 3.63) is 17.5 Å². The van der Waals surface area contributed by atoms with Gasteiger partial charge in [0.25, 0.3) is 0 Å². The summed E-state index contributed by atoms with van der Waals surface area (Å²) in [6, 6.07) is -0.606. The Morgan fingerprint density at radius 3 is 2.57 bits per heavy atom. The molecule has 0 fully saturated rings. The average molecular weight is 296 g/mol. The zero-order chi connectivity index (χ0) is 16.0. The summed E-state index contributed by atoms with van der Waals surface area (Å²) in [5.74, 6) is -1.79. The predicted molar refractivity (Wildman–Crippen MR) is 74.4 cm³/mol. The first-order valence-corrected chi connectivity index (χ1v) is 6.56. The van der Waals surface area contributed by atoms with Gasteiger partial charge >= 0.3 is 12.0 Å². The lowest BCUT2D eigenvalue weighted by molar-refractivity contribution is -0.138. The molecule has 3 amide bonds. The molecular weight excluding hydrogens is 276 g/mol. The lowest BCUT2D eigenvalue weighted by Crippen LogP contribution is -2.39. The number of urea groups is 1. The zero-order valence-electron chi connectivity index (χ0n) is 12.3. The minimum atomic E-state index is -0.966. The van der Waals surface area contributed by atoms with Crippen molar-refractivity contribution in [2.24, 2.45) is 13.0 Å². The maximum absolute atomic E-state index is 11.6. The first-order valence-electron chi connectivity index (χ1n) is 6.56. The molecule has 0 spiro atoms. The van der Waals surface area contributed by atoms with E-state index in [1.54, 1.807) is 24.9 Å². The molecule has 1 atom stereocenters. The van der Waals surface area contributed by atoms with Crippen molar-refractivity contribution in [3.63, 3.8) is 0 Å². The second-order valence-corrected chi connectivity index (χ2v) is 5.02. The number of aliphatic carboxylic acids is 1. The normalized spacial score (nSPS) is 11.8. The number of aromatic nitrogens is 2. The zero-order valence-corrected chi connectivity index (χ0v) is 12.3. The number of carboxylic acid groups (broad SMARTS) is 1. The second-order valence-electron chi connectivity index (χ2n) is 5.02. The summed E-state index contributed by atoms with van der Waals surface area (Å²) in [5.41, 5.74) is 1.79. The fourth-order valence-electron chi connectivity index (χ4n) is 1.80. The Morgan fingerprint density at radius 2 is 2.05 bits per heavy atom. The topological polar surface area (TPSA) is 113 Å². The average Bonchev–Trinajstić information content (AvgIpc) is 2.66.